The quantitative estimate of drug-likeness (QED) is 0.176. The van der Waals surface area contributed by atoms with E-state index in [4.69, 9.17) is 17.6 Å². The van der Waals surface area contributed by atoms with Crippen LogP contribution in [0.2, 0.25) is 0 Å². The van der Waals surface area contributed by atoms with Crippen LogP contribution in [0.3, 0.4) is 0 Å². The van der Waals surface area contributed by atoms with Crippen molar-refractivity contribution in [2.24, 2.45) is 5.92 Å². The number of carbonyl (C=O) groups is 1. The van der Waals surface area contributed by atoms with Gasteiger partial charge in [-0.15, -0.1) is 0 Å². The van der Waals surface area contributed by atoms with Gasteiger partial charge in [0.2, 0.25) is 0 Å². The van der Waals surface area contributed by atoms with Crippen LogP contribution in [0.1, 0.15) is 39.0 Å². The van der Waals surface area contributed by atoms with Crippen molar-refractivity contribution in [3.05, 3.63) is 30.4 Å². The van der Waals surface area contributed by atoms with Crippen molar-refractivity contribution in [1.82, 2.24) is 0 Å². The van der Waals surface area contributed by atoms with Crippen LogP contribution in [0.5, 0.6) is 17.2 Å². The van der Waals surface area contributed by atoms with Crippen LogP contribution in [0.15, 0.2) is 30.4 Å². The van der Waals surface area contributed by atoms with E-state index in [0.717, 1.165) is 19.3 Å². The Balaban J connectivity index is 1.72. The van der Waals surface area contributed by atoms with Crippen molar-refractivity contribution in [2.75, 3.05) is 6.61 Å². The number of aliphatic hydroxyl groups excluding tert-OH is 2. The number of fused-ring (bicyclic) bond motifs is 2. The molecule has 0 spiro atoms. The summed E-state index contributed by atoms with van der Waals surface area (Å²) in [5, 5.41) is 29.6. The van der Waals surface area contributed by atoms with E-state index in [-0.39, 0.29) is 15.9 Å². The first kappa shape index (κ1) is 22.2. The number of carboxylic acids is 1. The fourth-order valence-corrected chi connectivity index (χ4v) is 6.24. The number of rotatable bonds is 9. The predicted octanol–water partition coefficient (Wildman–Crippen LogP) is -0.459. The van der Waals surface area contributed by atoms with Crippen LogP contribution >= 0.6 is 0 Å². The number of alkyl halides is 1. The minimum absolute atomic E-state index is 0.0930. The zero-order chi connectivity index (χ0) is 20.8. The van der Waals surface area contributed by atoms with Crippen LogP contribution in [-0.2, 0) is 4.79 Å². The summed E-state index contributed by atoms with van der Waals surface area (Å²) in [5.74, 6) is 0.000566. The van der Waals surface area contributed by atoms with E-state index in [1.807, 2.05) is 6.08 Å². The molecule has 1 aromatic rings. The fraction of sp³-hybridized carbons (Fsp3) is 0.571. The Morgan fingerprint density at radius 1 is 1.41 bits per heavy atom. The second-order valence-electron chi connectivity index (χ2n) is 7.36. The SMILES string of the molecule is CCCCC[C@H](O)/C=C/[C@H]1[C@H](O)CC2[I-]Oc3c(OCC(=O)O)cccc3O[C@@H]21. The normalized spacial score (nSPS) is 27.0. The monoisotopic (exact) mass is 519 g/mol. The van der Waals surface area contributed by atoms with E-state index in [1.165, 1.54) is 0 Å². The summed E-state index contributed by atoms with van der Waals surface area (Å²) in [6.45, 7) is 1.67. The molecule has 2 aliphatic rings. The van der Waals surface area contributed by atoms with Gasteiger partial charge in [0.1, 0.15) is 0 Å². The van der Waals surface area contributed by atoms with Crippen LogP contribution in [0.4, 0.5) is 0 Å². The van der Waals surface area contributed by atoms with Crippen LogP contribution < -0.4 is 34.2 Å². The number of para-hydroxylation sites is 1. The molecule has 1 saturated carbocycles. The van der Waals surface area contributed by atoms with E-state index in [0.29, 0.717) is 30.1 Å². The summed E-state index contributed by atoms with van der Waals surface area (Å²) < 4.78 is 17.6. The number of halogens is 1. The molecule has 5 atom stereocenters. The Bertz CT molecular complexity index is 723. The number of aliphatic hydroxyl groups is 2. The molecule has 1 aliphatic heterocycles. The van der Waals surface area contributed by atoms with Gasteiger partial charge in [-0.1, -0.05) is 0 Å². The van der Waals surface area contributed by atoms with E-state index >= 15 is 0 Å². The Morgan fingerprint density at radius 2 is 2.24 bits per heavy atom. The van der Waals surface area contributed by atoms with Gasteiger partial charge in [0.25, 0.3) is 0 Å². The molecule has 1 aromatic carbocycles. The Labute approximate surface area is 181 Å². The number of unbranched alkanes of at least 4 members (excludes halogenated alkanes) is 2. The maximum absolute atomic E-state index is 10.8. The molecule has 0 radical (unpaired) electrons. The average molecular weight is 519 g/mol. The number of hydrogen-bond acceptors (Lipinski definition) is 6. The molecule has 0 saturated heterocycles. The molecule has 1 unspecified atom stereocenters. The molecule has 3 rings (SSSR count). The number of carboxylic acid groups (broad SMARTS) is 1. The third kappa shape index (κ3) is 5.76. The van der Waals surface area contributed by atoms with Gasteiger partial charge >= 0.3 is 182 Å². The minimum atomic E-state index is -1.06. The third-order valence-corrected chi connectivity index (χ3v) is 7.66. The van der Waals surface area contributed by atoms with Crippen molar-refractivity contribution in [2.45, 2.75) is 61.3 Å². The van der Waals surface area contributed by atoms with Gasteiger partial charge in [-0.25, -0.2) is 0 Å². The van der Waals surface area contributed by atoms with Gasteiger partial charge in [0.15, 0.2) is 0 Å². The molecule has 162 valence electrons. The van der Waals surface area contributed by atoms with Crippen LogP contribution in [0.25, 0.3) is 0 Å². The van der Waals surface area contributed by atoms with Crippen LogP contribution in [-0.4, -0.2) is 50.1 Å². The first-order valence-electron chi connectivity index (χ1n) is 9.98. The summed E-state index contributed by atoms with van der Waals surface area (Å²) in [6.07, 6.45) is 6.82. The summed E-state index contributed by atoms with van der Waals surface area (Å²) in [4.78, 5) is 10.8. The predicted molar refractivity (Wildman–Crippen MR) is 102 cm³/mol. The van der Waals surface area contributed by atoms with E-state index in [1.54, 1.807) is 24.3 Å². The molecule has 7 nitrogen and oxygen atoms in total. The average Bonchev–Trinajstić information content (AvgIpc) is 2.86. The van der Waals surface area contributed by atoms with Crippen molar-refractivity contribution in [3.8, 4) is 17.2 Å². The Morgan fingerprint density at radius 3 is 3.00 bits per heavy atom. The topological polar surface area (TPSA) is 105 Å². The van der Waals surface area contributed by atoms with Gasteiger partial charge < -0.3 is 0 Å². The molecule has 1 fully saturated rings. The summed E-state index contributed by atoms with van der Waals surface area (Å²) in [6, 6.07) is 5.15. The molecule has 0 bridgehead atoms. The standard InChI is InChI=1S/C21H28IO7/c1-2-3-4-6-13(23)9-10-14-16(24)11-15-20(14)28-18-8-5-7-17(21(18)29-22-15)27-12-19(25)26/h5,7-10,13-16,20,23-24H,2-4,6,11-12H2,1H3,(H,25,26)/q-1/b10-9+/t13-,14-,15?,16+,20+/m0/s1. The molecule has 8 heteroatoms. The fourth-order valence-electron chi connectivity index (χ4n) is 3.58. The van der Waals surface area contributed by atoms with Gasteiger partial charge in [-0.05, 0) is 0 Å². The zero-order valence-electron chi connectivity index (χ0n) is 16.4. The second-order valence-corrected chi connectivity index (χ2v) is 9.91. The molecule has 1 heterocycles. The first-order chi connectivity index (χ1) is 14.0. The Kier molecular flexibility index (Phi) is 8.02. The van der Waals surface area contributed by atoms with Gasteiger partial charge in [0.05, 0.1) is 0 Å². The van der Waals surface area contributed by atoms with Crippen molar-refractivity contribution < 1.29 is 54.3 Å². The zero-order valence-corrected chi connectivity index (χ0v) is 18.5. The Hall–Kier alpha value is -1.52. The number of benzene rings is 1. The number of aliphatic carboxylic acids is 1. The molecule has 0 amide bonds. The van der Waals surface area contributed by atoms with Crippen LogP contribution in [0, 0.1) is 5.92 Å². The molecule has 0 aromatic heterocycles. The second kappa shape index (κ2) is 10.5. The van der Waals surface area contributed by atoms with E-state index in [9.17, 15) is 15.0 Å². The van der Waals surface area contributed by atoms with Gasteiger partial charge in [-0.2, -0.15) is 0 Å². The molecular weight excluding hydrogens is 491 g/mol. The number of hydrogen-bond donors (Lipinski definition) is 3. The van der Waals surface area contributed by atoms with E-state index < -0.39 is 46.4 Å². The van der Waals surface area contributed by atoms with Gasteiger partial charge in [-0.3, -0.25) is 0 Å². The molecule has 29 heavy (non-hydrogen) atoms. The summed E-state index contributed by atoms with van der Waals surface area (Å²) >= 11 is -0.792. The summed E-state index contributed by atoms with van der Waals surface area (Å²) in [5.41, 5.74) is 0. The molecular formula is C21H28IO7-. The third-order valence-electron chi connectivity index (χ3n) is 5.10. The molecule has 1 aliphatic carbocycles. The number of ether oxygens (including phenoxy) is 2. The van der Waals surface area contributed by atoms with Crippen molar-refractivity contribution >= 4 is 5.97 Å². The maximum atomic E-state index is 10.8. The van der Waals surface area contributed by atoms with Crippen molar-refractivity contribution in [3.63, 3.8) is 0 Å². The van der Waals surface area contributed by atoms with E-state index in [2.05, 4.69) is 6.92 Å². The molecule has 3 N–H and O–H groups in total. The first-order valence-corrected chi connectivity index (χ1v) is 12.1. The summed E-state index contributed by atoms with van der Waals surface area (Å²) in [7, 11) is 0. The van der Waals surface area contributed by atoms with Crippen molar-refractivity contribution in [1.29, 1.82) is 0 Å². The van der Waals surface area contributed by atoms with Gasteiger partial charge in [0, 0.05) is 0 Å².